The lowest BCUT2D eigenvalue weighted by Crippen LogP contribution is -2.11. The number of methoxy groups -OCH3 is 1. The minimum absolute atomic E-state index is 0.00157. The Hall–Kier alpha value is -2.28. The molecule has 6 nitrogen and oxygen atoms in total. The van der Waals surface area contributed by atoms with Gasteiger partial charge in [-0.15, -0.1) is 4.91 Å². The molecule has 7 heteroatoms. The van der Waals surface area contributed by atoms with Crippen molar-refractivity contribution < 1.29 is 14.3 Å². The largest absolute Gasteiger partial charge is 0.497 e. The van der Waals surface area contributed by atoms with E-state index in [1.807, 2.05) is 0 Å². The van der Waals surface area contributed by atoms with Crippen molar-refractivity contribution in [3.8, 4) is 0 Å². The summed E-state index contributed by atoms with van der Waals surface area (Å²) in [7, 11) is 1.42. The lowest BCUT2D eigenvalue weighted by molar-refractivity contribution is -0.111. The molecule has 0 aliphatic rings. The number of nitrogens with zero attached hydrogens (tertiary/aromatic N) is 1. The Morgan fingerprint density at radius 1 is 1.40 bits per heavy atom. The van der Waals surface area contributed by atoms with Crippen LogP contribution in [0, 0.1) is 4.91 Å². The van der Waals surface area contributed by atoms with Crippen LogP contribution in [0.1, 0.15) is 10.4 Å². The topological polar surface area (TPSA) is 84.8 Å². The summed E-state index contributed by atoms with van der Waals surface area (Å²) in [5, 5.41) is 4.81. The van der Waals surface area contributed by atoms with Crippen molar-refractivity contribution >= 4 is 33.4 Å². The second-order valence-corrected chi connectivity index (χ2v) is 4.50. The molecule has 104 valence electrons. The Balaban J connectivity index is 2.95. The van der Waals surface area contributed by atoms with Crippen molar-refractivity contribution in [3.63, 3.8) is 0 Å². The summed E-state index contributed by atoms with van der Waals surface area (Å²) in [6.45, 7) is 3.52. The molecule has 0 fully saturated rings. The first-order valence-electron chi connectivity index (χ1n) is 5.37. The van der Waals surface area contributed by atoms with Gasteiger partial charge in [0.05, 0.1) is 18.4 Å². The minimum Gasteiger partial charge on any atom is -0.497 e. The fraction of sp³-hybridized carbons (Fsp3) is 0.0769. The van der Waals surface area contributed by atoms with Crippen molar-refractivity contribution in [2.24, 2.45) is 5.18 Å². The lowest BCUT2D eigenvalue weighted by atomic mass is 10.1. The number of halogens is 1. The van der Waals surface area contributed by atoms with Gasteiger partial charge in [0.2, 0.25) is 5.91 Å². The van der Waals surface area contributed by atoms with Gasteiger partial charge in [-0.2, -0.15) is 0 Å². The summed E-state index contributed by atoms with van der Waals surface area (Å²) in [6.07, 6.45) is 2.56. The predicted molar refractivity (Wildman–Crippen MR) is 78.2 cm³/mol. The zero-order valence-electron chi connectivity index (χ0n) is 10.6. The van der Waals surface area contributed by atoms with Crippen LogP contribution in [0.15, 0.2) is 52.3 Å². The van der Waals surface area contributed by atoms with E-state index in [-0.39, 0.29) is 11.3 Å². The van der Waals surface area contributed by atoms with Gasteiger partial charge in [0, 0.05) is 15.7 Å². The molecule has 1 rings (SSSR count). The van der Waals surface area contributed by atoms with Crippen LogP contribution >= 0.6 is 15.9 Å². The average Bonchev–Trinajstić information content (AvgIpc) is 2.45. The highest BCUT2D eigenvalue weighted by Crippen LogP contribution is 2.22. The van der Waals surface area contributed by atoms with Gasteiger partial charge in [-0.1, -0.05) is 22.5 Å². The third-order valence-corrected chi connectivity index (χ3v) is 2.73. The van der Waals surface area contributed by atoms with E-state index in [2.05, 4.69) is 33.0 Å². The fourth-order valence-electron chi connectivity index (χ4n) is 1.26. The third-order valence-electron chi connectivity index (χ3n) is 2.24. The fourth-order valence-corrected chi connectivity index (χ4v) is 1.62. The molecule has 20 heavy (non-hydrogen) atoms. The van der Waals surface area contributed by atoms with Crippen LogP contribution in [0.4, 0.5) is 5.69 Å². The molecule has 0 spiro atoms. The Bertz CT molecular complexity index is 596. The van der Waals surface area contributed by atoms with Crippen molar-refractivity contribution in [1.29, 1.82) is 0 Å². The molecule has 1 N–H and O–H groups in total. The number of nitrogens with one attached hydrogen (secondary N) is 1. The molecule has 0 heterocycles. The molecule has 0 aromatic heterocycles. The van der Waals surface area contributed by atoms with E-state index in [4.69, 9.17) is 4.74 Å². The predicted octanol–water partition coefficient (Wildman–Crippen LogP) is 3.01. The third kappa shape index (κ3) is 4.43. The van der Waals surface area contributed by atoms with Crippen LogP contribution in [-0.2, 0) is 9.53 Å². The van der Waals surface area contributed by atoms with Crippen LogP contribution in [0.25, 0.3) is 0 Å². The maximum absolute atomic E-state index is 11.7. The number of carbonyl (C=O) groups is 2. The number of benzene rings is 1. The van der Waals surface area contributed by atoms with E-state index < -0.39 is 11.8 Å². The molecule has 0 radical (unpaired) electrons. The summed E-state index contributed by atoms with van der Waals surface area (Å²) >= 11 is 3.17. The Morgan fingerprint density at radius 3 is 2.70 bits per heavy atom. The summed E-state index contributed by atoms with van der Waals surface area (Å²) in [6, 6.07) is 4.51. The van der Waals surface area contributed by atoms with Crippen molar-refractivity contribution in [1.82, 2.24) is 0 Å². The van der Waals surface area contributed by atoms with Gasteiger partial charge < -0.3 is 10.1 Å². The number of allylic oxidation sites excluding steroid dienone is 1. The number of amides is 2. The monoisotopic (exact) mass is 338 g/mol. The highest BCUT2D eigenvalue weighted by molar-refractivity contribution is 9.10. The number of ether oxygens (including phenoxy) is 1. The van der Waals surface area contributed by atoms with Gasteiger partial charge in [0.1, 0.15) is 5.76 Å². The highest BCUT2D eigenvalue weighted by atomic mass is 79.9. The van der Waals surface area contributed by atoms with Crippen LogP contribution in [0.2, 0.25) is 0 Å². The molecule has 0 aliphatic carbocycles. The SMILES string of the molecule is C=C(/C=C/C(=O)Nc1ccc(Br)cc1C(=O)N=O)OC. The van der Waals surface area contributed by atoms with Gasteiger partial charge >= 0.3 is 5.91 Å². The van der Waals surface area contributed by atoms with E-state index in [1.54, 1.807) is 6.07 Å². The molecule has 0 saturated heterocycles. The molecule has 0 bridgehead atoms. The number of carbonyl (C=O) groups excluding carboxylic acids is 2. The first-order valence-corrected chi connectivity index (χ1v) is 6.16. The minimum atomic E-state index is -0.966. The molecular formula is C13H11BrN2O4. The molecular weight excluding hydrogens is 328 g/mol. The second kappa shape index (κ2) is 7.34. The second-order valence-electron chi connectivity index (χ2n) is 3.58. The summed E-state index contributed by atoms with van der Waals surface area (Å²) < 4.78 is 5.36. The Kier molecular flexibility index (Phi) is 5.79. The smallest absolute Gasteiger partial charge is 0.318 e. The van der Waals surface area contributed by atoms with Gasteiger partial charge in [-0.25, -0.2) is 0 Å². The zero-order chi connectivity index (χ0) is 15.1. The first-order chi connectivity index (χ1) is 9.47. The van der Waals surface area contributed by atoms with E-state index >= 15 is 0 Å². The maximum Gasteiger partial charge on any atom is 0.318 e. The van der Waals surface area contributed by atoms with Crippen molar-refractivity contribution in [2.75, 3.05) is 12.4 Å². The first kappa shape index (κ1) is 15.8. The highest BCUT2D eigenvalue weighted by Gasteiger charge is 2.13. The number of hydrogen-bond donors (Lipinski definition) is 1. The summed E-state index contributed by atoms with van der Waals surface area (Å²) in [5.74, 6) is -1.15. The Morgan fingerprint density at radius 2 is 2.10 bits per heavy atom. The van der Waals surface area contributed by atoms with Gasteiger partial charge in [0.15, 0.2) is 0 Å². The zero-order valence-corrected chi connectivity index (χ0v) is 12.1. The molecule has 0 saturated carbocycles. The standard InChI is InChI=1S/C13H11BrN2O4/c1-8(20-2)3-6-12(17)15-11-5-4-9(14)7-10(11)13(18)16-19/h3-7H,1H2,2H3,(H,15,17)/b6-3+. The van der Waals surface area contributed by atoms with Gasteiger partial charge in [0.25, 0.3) is 0 Å². The normalized spacial score (nSPS) is 10.1. The number of hydrogen-bond acceptors (Lipinski definition) is 4. The van der Waals surface area contributed by atoms with Gasteiger partial charge in [-0.05, 0) is 24.3 Å². The molecule has 1 aromatic carbocycles. The lowest BCUT2D eigenvalue weighted by Gasteiger charge is -2.07. The van der Waals surface area contributed by atoms with E-state index in [1.165, 1.54) is 31.4 Å². The number of anilines is 1. The van der Waals surface area contributed by atoms with Crippen molar-refractivity contribution in [3.05, 3.63) is 57.6 Å². The van der Waals surface area contributed by atoms with Gasteiger partial charge in [-0.3, -0.25) is 9.59 Å². The van der Waals surface area contributed by atoms with E-state index in [0.29, 0.717) is 10.2 Å². The quantitative estimate of drug-likeness (QED) is 0.387. The Labute approximate surface area is 123 Å². The average molecular weight is 339 g/mol. The number of rotatable bonds is 5. The molecule has 0 atom stereocenters. The van der Waals surface area contributed by atoms with Crippen molar-refractivity contribution in [2.45, 2.75) is 0 Å². The van der Waals surface area contributed by atoms with Crippen LogP contribution < -0.4 is 5.32 Å². The van der Waals surface area contributed by atoms with E-state index in [9.17, 15) is 14.5 Å². The molecule has 1 aromatic rings. The molecule has 0 aliphatic heterocycles. The summed E-state index contributed by atoms with van der Waals surface area (Å²) in [5.41, 5.74) is 0.192. The maximum atomic E-state index is 11.7. The summed E-state index contributed by atoms with van der Waals surface area (Å²) in [4.78, 5) is 33.4. The number of nitroso groups, excluding NO2 is 1. The molecule has 2 amide bonds. The molecule has 0 unspecified atom stereocenters. The van der Waals surface area contributed by atoms with Crippen LogP contribution in [0.3, 0.4) is 0 Å². The van der Waals surface area contributed by atoms with E-state index in [0.717, 1.165) is 0 Å². The van der Waals surface area contributed by atoms with Crippen LogP contribution in [0.5, 0.6) is 0 Å². The van der Waals surface area contributed by atoms with Crippen LogP contribution in [-0.4, -0.2) is 18.9 Å².